The third-order valence-corrected chi connectivity index (χ3v) is 14.0. The first-order valence-corrected chi connectivity index (χ1v) is 21.7. The second-order valence-corrected chi connectivity index (χ2v) is 17.6. The van der Waals surface area contributed by atoms with Crippen molar-refractivity contribution in [2.45, 2.75) is 37.5 Å². The fourth-order valence-corrected chi connectivity index (χ4v) is 11.2. The van der Waals surface area contributed by atoms with E-state index in [1.165, 1.54) is 89.0 Å². The van der Waals surface area contributed by atoms with Crippen LogP contribution in [0.1, 0.15) is 58.4 Å². The van der Waals surface area contributed by atoms with Gasteiger partial charge in [0.25, 0.3) is 0 Å². The average Bonchev–Trinajstić information content (AvgIpc) is 3.67. The first-order chi connectivity index (χ1) is 30.0. The monoisotopic (exact) mass is 779 g/mol. The van der Waals surface area contributed by atoms with E-state index in [2.05, 4.69) is 231 Å². The van der Waals surface area contributed by atoms with Crippen molar-refractivity contribution in [3.63, 3.8) is 0 Å². The molecule has 61 heavy (non-hydrogen) atoms. The molecule has 0 radical (unpaired) electrons. The van der Waals surface area contributed by atoms with Gasteiger partial charge in [-0.1, -0.05) is 184 Å². The lowest BCUT2D eigenvalue weighted by Gasteiger charge is -2.36. The van der Waals surface area contributed by atoms with E-state index in [1.54, 1.807) is 0 Å². The van der Waals surface area contributed by atoms with E-state index in [4.69, 9.17) is 0 Å². The highest BCUT2D eigenvalue weighted by Crippen LogP contribution is 2.60. The largest absolute Gasteiger partial charge is 0.310 e. The molecule has 9 aromatic carbocycles. The highest BCUT2D eigenvalue weighted by molar-refractivity contribution is 5.92. The predicted octanol–water partition coefficient (Wildman–Crippen LogP) is 15.3. The minimum Gasteiger partial charge on any atom is -0.310 e. The van der Waals surface area contributed by atoms with Gasteiger partial charge in [0.2, 0.25) is 0 Å². The molecule has 9 aromatic rings. The highest BCUT2D eigenvalue weighted by Gasteiger charge is 2.49. The van der Waals surface area contributed by atoms with Crippen LogP contribution in [0, 0.1) is 0 Å². The molecule has 0 atom stereocenters. The zero-order valence-corrected chi connectivity index (χ0v) is 34.6. The number of benzene rings is 9. The van der Waals surface area contributed by atoms with Gasteiger partial charge in [0.1, 0.15) is 0 Å². The Morgan fingerprint density at radius 3 is 1.31 bits per heavy atom. The summed E-state index contributed by atoms with van der Waals surface area (Å²) in [5, 5.41) is 0. The van der Waals surface area contributed by atoms with Gasteiger partial charge in [0, 0.05) is 22.5 Å². The Kier molecular flexibility index (Phi) is 7.99. The molecule has 3 aliphatic rings. The molecule has 0 N–H and O–H groups in total. The number of hydrogen-bond donors (Lipinski definition) is 0. The van der Waals surface area contributed by atoms with Crippen LogP contribution in [0.5, 0.6) is 0 Å². The summed E-state index contributed by atoms with van der Waals surface area (Å²) in [7, 11) is 0. The molecule has 0 bridgehead atoms. The van der Waals surface area contributed by atoms with E-state index in [9.17, 15) is 0 Å². The lowest BCUT2D eigenvalue weighted by Crippen LogP contribution is -2.30. The van der Waals surface area contributed by atoms with Crippen LogP contribution in [0.3, 0.4) is 0 Å². The second-order valence-electron chi connectivity index (χ2n) is 17.6. The minimum atomic E-state index is -0.472. The maximum Gasteiger partial charge on any atom is 0.0719 e. The van der Waals surface area contributed by atoms with E-state index < -0.39 is 5.41 Å². The first-order valence-electron chi connectivity index (χ1n) is 21.7. The number of hydrogen-bond acceptors (Lipinski definition) is 1. The van der Waals surface area contributed by atoms with Crippen molar-refractivity contribution in [3.8, 4) is 44.5 Å². The summed E-state index contributed by atoms with van der Waals surface area (Å²) in [4.78, 5) is 2.53. The van der Waals surface area contributed by atoms with Crippen LogP contribution in [0.15, 0.2) is 212 Å². The van der Waals surface area contributed by atoms with Crippen LogP contribution < -0.4 is 4.90 Å². The minimum absolute atomic E-state index is 0.147. The van der Waals surface area contributed by atoms with Gasteiger partial charge in [0.05, 0.1) is 5.41 Å². The van der Waals surface area contributed by atoms with E-state index in [0.29, 0.717) is 0 Å². The standard InChI is InChI=1S/C60H45N/c1-59(2)55-27-15-11-23-49(55)51-33-31-46(38-57(51)59)61(48-36-44(40-17-5-3-6-18-40)35-45(37-48)41-19-7-4-8-20-41)47-32-34-52-50-24-12-16-28-56(50)60(58(52)39-47)53-25-13-9-21-42(53)29-30-43-22-10-14-26-54(43)60/h3-28,31-39H,29-30H2,1-2H3. The molecule has 0 aliphatic heterocycles. The summed E-state index contributed by atoms with van der Waals surface area (Å²) < 4.78 is 0. The molecule has 290 valence electrons. The molecule has 1 heteroatoms. The third kappa shape index (κ3) is 5.33. The summed E-state index contributed by atoms with van der Waals surface area (Å²) >= 11 is 0. The van der Waals surface area contributed by atoms with E-state index in [0.717, 1.165) is 29.9 Å². The molecular formula is C60H45N. The van der Waals surface area contributed by atoms with E-state index in [1.807, 2.05) is 0 Å². The smallest absolute Gasteiger partial charge is 0.0719 e. The number of aryl methyl sites for hydroxylation is 2. The van der Waals surface area contributed by atoms with Crippen molar-refractivity contribution in [1.82, 2.24) is 0 Å². The summed E-state index contributed by atoms with van der Waals surface area (Å²) in [5.41, 5.74) is 23.9. The van der Waals surface area contributed by atoms with Gasteiger partial charge in [0.15, 0.2) is 0 Å². The van der Waals surface area contributed by atoms with Crippen LogP contribution in [0.4, 0.5) is 17.1 Å². The molecule has 0 unspecified atom stereocenters. The van der Waals surface area contributed by atoms with Crippen molar-refractivity contribution < 1.29 is 0 Å². The molecule has 0 amide bonds. The van der Waals surface area contributed by atoms with E-state index >= 15 is 0 Å². The summed E-state index contributed by atoms with van der Waals surface area (Å²) in [6.07, 6.45) is 2.03. The van der Waals surface area contributed by atoms with Crippen LogP contribution in [-0.2, 0) is 23.7 Å². The van der Waals surface area contributed by atoms with Gasteiger partial charge in [-0.3, -0.25) is 0 Å². The Morgan fingerprint density at radius 1 is 0.311 bits per heavy atom. The molecule has 0 saturated heterocycles. The topological polar surface area (TPSA) is 3.24 Å². The molecule has 1 spiro atoms. The summed E-state index contributed by atoms with van der Waals surface area (Å²) in [5.74, 6) is 0. The van der Waals surface area contributed by atoms with Gasteiger partial charge in [-0.2, -0.15) is 0 Å². The fraction of sp³-hybridized carbons (Fsp3) is 0.100. The van der Waals surface area contributed by atoms with Gasteiger partial charge in [-0.15, -0.1) is 0 Å². The maximum atomic E-state index is 2.54. The maximum absolute atomic E-state index is 2.54. The van der Waals surface area contributed by atoms with Crippen LogP contribution >= 0.6 is 0 Å². The highest BCUT2D eigenvalue weighted by atomic mass is 15.1. The first kappa shape index (κ1) is 35.7. The number of rotatable bonds is 5. The van der Waals surface area contributed by atoms with Crippen molar-refractivity contribution >= 4 is 17.1 Å². The van der Waals surface area contributed by atoms with Gasteiger partial charge < -0.3 is 4.90 Å². The predicted molar refractivity (Wildman–Crippen MR) is 254 cm³/mol. The third-order valence-electron chi connectivity index (χ3n) is 14.0. The Labute approximate surface area is 359 Å². The Morgan fingerprint density at radius 2 is 0.738 bits per heavy atom. The van der Waals surface area contributed by atoms with Gasteiger partial charge in [-0.05, 0) is 144 Å². The van der Waals surface area contributed by atoms with Crippen molar-refractivity contribution in [1.29, 1.82) is 0 Å². The van der Waals surface area contributed by atoms with Crippen LogP contribution in [0.25, 0.3) is 44.5 Å². The zero-order chi connectivity index (χ0) is 40.7. The molecular weight excluding hydrogens is 735 g/mol. The molecule has 0 saturated carbocycles. The van der Waals surface area contributed by atoms with Crippen molar-refractivity contribution in [3.05, 3.63) is 257 Å². The molecule has 12 rings (SSSR count). The molecule has 3 aliphatic carbocycles. The van der Waals surface area contributed by atoms with Crippen LogP contribution in [-0.4, -0.2) is 0 Å². The van der Waals surface area contributed by atoms with Crippen LogP contribution in [0.2, 0.25) is 0 Å². The Hall–Kier alpha value is -7.22. The molecule has 1 nitrogen and oxygen atoms in total. The molecule has 0 heterocycles. The molecule has 0 aromatic heterocycles. The number of nitrogens with zero attached hydrogens (tertiary/aromatic N) is 1. The SMILES string of the molecule is CC1(C)c2ccccc2-c2ccc(N(c3cc(-c4ccccc4)cc(-c4ccccc4)c3)c3ccc4c(c3)C3(c5ccccc5CCc5ccccc53)c3ccccc3-4)cc21. The quantitative estimate of drug-likeness (QED) is 0.168. The Bertz CT molecular complexity index is 3070. The lowest BCUT2D eigenvalue weighted by atomic mass is 9.66. The fourth-order valence-electron chi connectivity index (χ4n) is 11.2. The average molecular weight is 780 g/mol. The normalized spacial score (nSPS) is 14.5. The van der Waals surface area contributed by atoms with Crippen molar-refractivity contribution in [2.75, 3.05) is 4.90 Å². The number of anilines is 3. The van der Waals surface area contributed by atoms with E-state index in [-0.39, 0.29) is 5.41 Å². The van der Waals surface area contributed by atoms with Crippen molar-refractivity contribution in [2.24, 2.45) is 0 Å². The van der Waals surface area contributed by atoms with Gasteiger partial charge in [-0.25, -0.2) is 0 Å². The zero-order valence-electron chi connectivity index (χ0n) is 34.6. The Balaban J connectivity index is 1.16. The molecule has 0 fully saturated rings. The van der Waals surface area contributed by atoms with Gasteiger partial charge >= 0.3 is 0 Å². The summed E-state index contributed by atoms with van der Waals surface area (Å²) in [6, 6.07) is 79.9. The lowest BCUT2D eigenvalue weighted by molar-refractivity contribution is 0.660. The second kappa shape index (κ2) is 13.7. The summed E-state index contributed by atoms with van der Waals surface area (Å²) in [6.45, 7) is 4.76. The number of fused-ring (bicyclic) bond motifs is 12.